The zero-order valence-corrected chi connectivity index (χ0v) is 18.0. The number of esters is 1. The summed E-state index contributed by atoms with van der Waals surface area (Å²) in [6, 6.07) is 9.06. The Morgan fingerprint density at radius 2 is 1.87 bits per heavy atom. The van der Waals surface area contributed by atoms with E-state index in [1.165, 1.54) is 0 Å². The molecule has 0 atom stereocenters. The number of nitrogens with zero attached hydrogens (tertiary/aromatic N) is 1. The van der Waals surface area contributed by atoms with Crippen molar-refractivity contribution in [2.24, 2.45) is 0 Å². The number of aromatic nitrogens is 1. The number of amides is 1. The van der Waals surface area contributed by atoms with E-state index in [0.29, 0.717) is 23.4 Å². The van der Waals surface area contributed by atoms with Gasteiger partial charge >= 0.3 is 5.97 Å². The van der Waals surface area contributed by atoms with Gasteiger partial charge in [-0.1, -0.05) is 30.3 Å². The molecule has 1 amide bonds. The molecule has 8 heteroatoms. The molecule has 2 aromatic rings. The van der Waals surface area contributed by atoms with Crippen LogP contribution in [0.1, 0.15) is 39.9 Å². The predicted octanol–water partition coefficient (Wildman–Crippen LogP) is 2.19. The van der Waals surface area contributed by atoms with Gasteiger partial charge in [0.1, 0.15) is 5.69 Å². The second-order valence-corrected chi connectivity index (χ2v) is 7.35. The van der Waals surface area contributed by atoms with E-state index in [-0.39, 0.29) is 17.9 Å². The monoisotopic (exact) mass is 427 g/mol. The normalized spacial score (nSPS) is 14.3. The second-order valence-electron chi connectivity index (χ2n) is 7.35. The van der Waals surface area contributed by atoms with Crippen molar-refractivity contribution in [1.82, 2.24) is 15.2 Å². The van der Waals surface area contributed by atoms with Crippen LogP contribution in [0.3, 0.4) is 0 Å². The first-order valence-corrected chi connectivity index (χ1v) is 10.6. The molecule has 31 heavy (non-hydrogen) atoms. The molecule has 0 bridgehead atoms. The van der Waals surface area contributed by atoms with E-state index in [1.807, 2.05) is 18.2 Å². The van der Waals surface area contributed by atoms with Crippen LogP contribution in [0.4, 0.5) is 0 Å². The van der Waals surface area contributed by atoms with Crippen molar-refractivity contribution in [3.8, 4) is 11.1 Å². The Morgan fingerprint density at radius 1 is 1.16 bits per heavy atom. The molecule has 1 fully saturated rings. The minimum atomic E-state index is -0.705. The number of hydrogen-bond acceptors (Lipinski definition) is 6. The fourth-order valence-electron chi connectivity index (χ4n) is 3.67. The van der Waals surface area contributed by atoms with Crippen LogP contribution in [-0.2, 0) is 14.3 Å². The molecule has 1 saturated heterocycles. The lowest BCUT2D eigenvalue weighted by molar-refractivity contribution is -0.117. The number of carbonyl (C=O) groups excluding carboxylic acids is 3. The molecule has 1 aromatic heterocycles. The van der Waals surface area contributed by atoms with Gasteiger partial charge in [-0.05, 0) is 32.4 Å². The number of morpholine rings is 1. The maximum Gasteiger partial charge on any atom is 0.340 e. The summed E-state index contributed by atoms with van der Waals surface area (Å²) in [6.45, 7) is 8.06. The maximum absolute atomic E-state index is 13.0. The minimum Gasteiger partial charge on any atom is -0.462 e. The maximum atomic E-state index is 13.0. The number of aryl methyl sites for hydroxylation is 1. The van der Waals surface area contributed by atoms with Crippen molar-refractivity contribution in [1.29, 1.82) is 0 Å². The van der Waals surface area contributed by atoms with Gasteiger partial charge in [0.15, 0.2) is 0 Å². The van der Waals surface area contributed by atoms with Crippen LogP contribution in [0.5, 0.6) is 0 Å². The van der Waals surface area contributed by atoms with E-state index in [0.717, 1.165) is 39.3 Å². The van der Waals surface area contributed by atoms with Crippen LogP contribution < -0.4 is 5.32 Å². The molecule has 0 spiro atoms. The molecule has 0 unspecified atom stereocenters. The number of carbonyl (C=O) groups is 3. The molecule has 8 nitrogen and oxygen atoms in total. The predicted molar refractivity (Wildman–Crippen MR) is 116 cm³/mol. The quantitative estimate of drug-likeness (QED) is 0.275. The fourth-order valence-corrected chi connectivity index (χ4v) is 3.67. The van der Waals surface area contributed by atoms with Crippen LogP contribution in [0.25, 0.3) is 11.1 Å². The Morgan fingerprint density at radius 3 is 2.55 bits per heavy atom. The highest BCUT2D eigenvalue weighted by Gasteiger charge is 2.29. The number of ether oxygens (including phenoxy) is 2. The molecule has 2 N–H and O–H groups in total. The van der Waals surface area contributed by atoms with Gasteiger partial charge in [0, 0.05) is 30.9 Å². The first kappa shape index (κ1) is 22.7. The summed E-state index contributed by atoms with van der Waals surface area (Å²) in [5.41, 5.74) is 1.91. The highest BCUT2D eigenvalue weighted by Crippen LogP contribution is 2.31. The van der Waals surface area contributed by atoms with E-state index in [4.69, 9.17) is 9.47 Å². The third kappa shape index (κ3) is 5.59. The molecule has 0 radical (unpaired) electrons. The highest BCUT2D eigenvalue weighted by atomic mass is 16.5. The van der Waals surface area contributed by atoms with Gasteiger partial charge in [-0.3, -0.25) is 14.5 Å². The number of hydrogen-bond donors (Lipinski definition) is 2. The topological polar surface area (TPSA) is 101 Å². The number of rotatable bonds is 9. The zero-order valence-electron chi connectivity index (χ0n) is 18.0. The van der Waals surface area contributed by atoms with Gasteiger partial charge in [0.2, 0.25) is 0 Å². The van der Waals surface area contributed by atoms with Crippen molar-refractivity contribution < 1.29 is 23.9 Å². The Bertz CT molecular complexity index is 917. The molecule has 0 aliphatic carbocycles. The lowest BCUT2D eigenvalue weighted by atomic mass is 9.98. The van der Waals surface area contributed by atoms with Gasteiger partial charge in [-0.25, -0.2) is 4.79 Å². The van der Waals surface area contributed by atoms with Gasteiger partial charge < -0.3 is 19.8 Å². The fraction of sp³-hybridized carbons (Fsp3) is 0.435. The van der Waals surface area contributed by atoms with Crippen molar-refractivity contribution in [2.75, 3.05) is 46.0 Å². The molecule has 166 valence electrons. The third-order valence-electron chi connectivity index (χ3n) is 5.20. The summed E-state index contributed by atoms with van der Waals surface area (Å²) < 4.78 is 10.5. The number of ketones is 1. The van der Waals surface area contributed by atoms with E-state index in [1.54, 1.807) is 26.0 Å². The van der Waals surface area contributed by atoms with Gasteiger partial charge in [0.25, 0.3) is 11.7 Å². The number of benzene rings is 1. The second kappa shape index (κ2) is 10.9. The van der Waals surface area contributed by atoms with Crippen molar-refractivity contribution in [2.45, 2.75) is 20.3 Å². The van der Waals surface area contributed by atoms with Crippen LogP contribution in [0, 0.1) is 6.92 Å². The van der Waals surface area contributed by atoms with Crippen LogP contribution in [0.15, 0.2) is 30.3 Å². The van der Waals surface area contributed by atoms with E-state index in [9.17, 15) is 14.4 Å². The summed E-state index contributed by atoms with van der Waals surface area (Å²) in [5.74, 6) is -1.93. The SMILES string of the molecule is CCOC(=O)c1c(C)[nH]c(C(=O)C(=O)NCCCN2CCOCC2)c1-c1ccccc1. The summed E-state index contributed by atoms with van der Waals surface area (Å²) >= 11 is 0. The van der Waals surface area contributed by atoms with E-state index >= 15 is 0 Å². The van der Waals surface area contributed by atoms with Gasteiger partial charge in [0.05, 0.1) is 25.4 Å². The van der Waals surface area contributed by atoms with Crippen LogP contribution in [0.2, 0.25) is 0 Å². The molecule has 3 rings (SSSR count). The molecular weight excluding hydrogens is 398 g/mol. The molecular formula is C23H29N3O5. The average molecular weight is 428 g/mol. The lowest BCUT2D eigenvalue weighted by Gasteiger charge is -2.26. The highest BCUT2D eigenvalue weighted by molar-refractivity contribution is 6.43. The standard InChI is InChI=1S/C23H29N3O5/c1-3-31-23(29)18-16(2)25-20(19(18)17-8-5-4-6-9-17)21(27)22(28)24-10-7-11-26-12-14-30-15-13-26/h4-6,8-9,25H,3,7,10-15H2,1-2H3,(H,24,28). The van der Waals surface area contributed by atoms with Gasteiger partial charge in [-0.2, -0.15) is 0 Å². The lowest BCUT2D eigenvalue weighted by Crippen LogP contribution is -2.39. The zero-order chi connectivity index (χ0) is 22.2. The Hall–Kier alpha value is -2.97. The molecule has 2 heterocycles. The number of nitrogens with one attached hydrogen (secondary N) is 2. The first-order valence-electron chi connectivity index (χ1n) is 10.6. The number of H-pyrrole nitrogens is 1. The van der Waals surface area contributed by atoms with Gasteiger partial charge in [-0.15, -0.1) is 0 Å². The summed E-state index contributed by atoms with van der Waals surface area (Å²) in [6.07, 6.45) is 0.738. The summed E-state index contributed by atoms with van der Waals surface area (Å²) in [7, 11) is 0. The van der Waals surface area contributed by atoms with E-state index < -0.39 is 17.7 Å². The third-order valence-corrected chi connectivity index (χ3v) is 5.20. The minimum absolute atomic E-state index is 0.0948. The Balaban J connectivity index is 1.74. The Labute approximate surface area is 181 Å². The molecule has 1 aliphatic heterocycles. The number of Topliss-reactive ketones (excluding diaryl/α,β-unsaturated/α-hetero) is 1. The largest absolute Gasteiger partial charge is 0.462 e. The number of aromatic amines is 1. The summed E-state index contributed by atoms with van der Waals surface area (Å²) in [4.78, 5) is 43.3. The first-order chi connectivity index (χ1) is 15.0. The molecule has 0 saturated carbocycles. The molecule has 1 aliphatic rings. The van der Waals surface area contributed by atoms with Crippen molar-refractivity contribution >= 4 is 17.7 Å². The van der Waals surface area contributed by atoms with E-state index in [2.05, 4.69) is 15.2 Å². The van der Waals surface area contributed by atoms with Crippen LogP contribution in [-0.4, -0.2) is 73.5 Å². The van der Waals surface area contributed by atoms with Crippen LogP contribution >= 0.6 is 0 Å². The molecule has 1 aromatic carbocycles. The smallest absolute Gasteiger partial charge is 0.340 e. The average Bonchev–Trinajstić information content (AvgIpc) is 3.14. The Kier molecular flexibility index (Phi) is 7.97. The van der Waals surface area contributed by atoms with Crippen molar-refractivity contribution in [3.63, 3.8) is 0 Å². The van der Waals surface area contributed by atoms with Crippen molar-refractivity contribution in [3.05, 3.63) is 47.3 Å². The summed E-state index contributed by atoms with van der Waals surface area (Å²) in [5, 5.41) is 2.70.